The molecule has 11 heteroatoms. The first-order chi connectivity index (χ1) is 17.3. The van der Waals surface area contributed by atoms with Gasteiger partial charge >= 0.3 is 22.2 Å². The van der Waals surface area contributed by atoms with Crippen molar-refractivity contribution in [3.8, 4) is 16.9 Å². The van der Waals surface area contributed by atoms with Crippen molar-refractivity contribution in [1.29, 1.82) is 0 Å². The highest BCUT2D eigenvalue weighted by Crippen LogP contribution is 2.34. The second-order valence-electron chi connectivity index (χ2n) is 9.39. The van der Waals surface area contributed by atoms with Crippen molar-refractivity contribution in [2.45, 2.75) is 52.0 Å². The van der Waals surface area contributed by atoms with Gasteiger partial charge in [0.2, 0.25) is 0 Å². The van der Waals surface area contributed by atoms with Crippen LogP contribution in [0.4, 0.5) is 4.79 Å². The van der Waals surface area contributed by atoms with Gasteiger partial charge in [0, 0.05) is 20.6 Å². The SMILES string of the molecule is COCc1cc(OS(C)(=O)=O)cc(COC)c1-c1ccc(C[C@H](NC(=O)OC(C)(C)C)C(=O)OC)cc1. The number of esters is 1. The van der Waals surface area contributed by atoms with E-state index in [9.17, 15) is 18.0 Å². The molecule has 0 unspecified atom stereocenters. The maximum Gasteiger partial charge on any atom is 0.408 e. The van der Waals surface area contributed by atoms with Gasteiger partial charge in [0.15, 0.2) is 0 Å². The van der Waals surface area contributed by atoms with Gasteiger partial charge in [0.1, 0.15) is 17.4 Å². The van der Waals surface area contributed by atoms with Crippen LogP contribution in [0.3, 0.4) is 0 Å². The molecule has 2 rings (SSSR count). The minimum Gasteiger partial charge on any atom is -0.467 e. The number of methoxy groups -OCH3 is 3. The Morgan fingerprint density at radius 1 is 0.946 bits per heavy atom. The van der Waals surface area contributed by atoms with Crippen molar-refractivity contribution in [2.75, 3.05) is 27.6 Å². The molecule has 0 spiro atoms. The van der Waals surface area contributed by atoms with Crippen molar-refractivity contribution in [3.05, 3.63) is 53.1 Å². The third kappa shape index (κ3) is 9.67. The van der Waals surface area contributed by atoms with E-state index in [4.69, 9.17) is 23.1 Å². The van der Waals surface area contributed by atoms with E-state index in [0.29, 0.717) is 11.1 Å². The largest absolute Gasteiger partial charge is 0.467 e. The monoisotopic (exact) mass is 537 g/mol. The Morgan fingerprint density at radius 3 is 1.92 bits per heavy atom. The summed E-state index contributed by atoms with van der Waals surface area (Å²) in [5.41, 5.74) is 3.11. The molecule has 0 aliphatic heterocycles. The molecule has 0 aliphatic rings. The summed E-state index contributed by atoms with van der Waals surface area (Å²) in [5, 5.41) is 2.56. The average molecular weight is 538 g/mol. The molecule has 204 valence electrons. The third-order valence-electron chi connectivity index (χ3n) is 4.98. The lowest BCUT2D eigenvalue weighted by Gasteiger charge is -2.22. The molecule has 0 saturated heterocycles. The maximum atomic E-state index is 12.3. The summed E-state index contributed by atoms with van der Waals surface area (Å²) in [7, 11) is 0.608. The smallest absolute Gasteiger partial charge is 0.408 e. The van der Waals surface area contributed by atoms with Crippen LogP contribution in [0.5, 0.6) is 5.75 Å². The predicted molar refractivity (Wildman–Crippen MR) is 138 cm³/mol. The number of carbonyl (C=O) groups excluding carboxylic acids is 2. The normalized spacial score (nSPS) is 12.5. The van der Waals surface area contributed by atoms with E-state index in [1.807, 2.05) is 24.3 Å². The van der Waals surface area contributed by atoms with E-state index < -0.39 is 33.8 Å². The second kappa shape index (κ2) is 12.9. The molecule has 0 aromatic heterocycles. The highest BCUT2D eigenvalue weighted by molar-refractivity contribution is 7.86. The number of amides is 1. The minimum atomic E-state index is -3.72. The second-order valence-corrected chi connectivity index (χ2v) is 11.0. The van der Waals surface area contributed by atoms with Crippen LogP contribution < -0.4 is 9.50 Å². The van der Waals surface area contributed by atoms with Crippen molar-refractivity contribution < 1.29 is 41.1 Å². The number of nitrogens with one attached hydrogen (secondary N) is 1. The summed E-state index contributed by atoms with van der Waals surface area (Å²) in [4.78, 5) is 24.5. The lowest BCUT2D eigenvalue weighted by atomic mass is 9.93. The van der Waals surface area contributed by atoms with Crippen LogP contribution in [0.25, 0.3) is 11.1 Å². The average Bonchev–Trinajstić information content (AvgIpc) is 2.77. The quantitative estimate of drug-likeness (QED) is 0.338. The van der Waals surface area contributed by atoms with E-state index in [-0.39, 0.29) is 25.4 Å². The Balaban J connectivity index is 2.39. The Kier molecular flexibility index (Phi) is 10.5. The molecule has 0 saturated carbocycles. The van der Waals surface area contributed by atoms with Crippen LogP contribution in [-0.2, 0) is 53.5 Å². The summed E-state index contributed by atoms with van der Waals surface area (Å²) in [5.74, 6) is -0.433. The number of hydrogen-bond acceptors (Lipinski definition) is 9. The Labute approximate surface area is 218 Å². The van der Waals surface area contributed by atoms with Gasteiger partial charge in [-0.2, -0.15) is 8.42 Å². The molecule has 1 atom stereocenters. The van der Waals surface area contributed by atoms with Gasteiger partial charge in [-0.1, -0.05) is 24.3 Å². The van der Waals surface area contributed by atoms with Crippen LogP contribution in [0.2, 0.25) is 0 Å². The molecule has 1 amide bonds. The number of carbonyl (C=O) groups is 2. The van der Waals surface area contributed by atoms with Crippen molar-refractivity contribution in [1.82, 2.24) is 5.32 Å². The summed E-state index contributed by atoms with van der Waals surface area (Å²) in [6.45, 7) is 5.61. The molecule has 0 heterocycles. The third-order valence-corrected chi connectivity index (χ3v) is 5.48. The molecular formula is C26H35NO9S. The predicted octanol–water partition coefficient (Wildman–Crippen LogP) is 3.59. The highest BCUT2D eigenvalue weighted by atomic mass is 32.2. The molecule has 0 radical (unpaired) electrons. The van der Waals surface area contributed by atoms with E-state index in [2.05, 4.69) is 5.32 Å². The van der Waals surface area contributed by atoms with Crippen molar-refractivity contribution in [2.24, 2.45) is 0 Å². The number of ether oxygens (including phenoxy) is 4. The minimum absolute atomic E-state index is 0.163. The lowest BCUT2D eigenvalue weighted by molar-refractivity contribution is -0.143. The van der Waals surface area contributed by atoms with Gasteiger partial charge in [-0.25, -0.2) is 9.59 Å². The first-order valence-electron chi connectivity index (χ1n) is 11.5. The zero-order valence-electron chi connectivity index (χ0n) is 22.2. The zero-order chi connectivity index (χ0) is 27.8. The molecule has 0 fully saturated rings. The first kappa shape index (κ1) is 30.1. The van der Waals surface area contributed by atoms with Gasteiger partial charge in [-0.3, -0.25) is 0 Å². The summed E-state index contributed by atoms with van der Waals surface area (Å²) in [6, 6.07) is 9.68. The maximum absolute atomic E-state index is 12.3. The fourth-order valence-electron chi connectivity index (χ4n) is 3.70. The number of hydrogen-bond donors (Lipinski definition) is 1. The number of benzene rings is 2. The van der Waals surface area contributed by atoms with Crippen LogP contribution in [0, 0.1) is 0 Å². The molecular weight excluding hydrogens is 502 g/mol. The summed E-state index contributed by atoms with van der Waals surface area (Å²) >= 11 is 0. The van der Waals surface area contributed by atoms with E-state index in [0.717, 1.165) is 22.9 Å². The van der Waals surface area contributed by atoms with Crippen molar-refractivity contribution >= 4 is 22.2 Å². The number of alkyl carbamates (subject to hydrolysis) is 1. The summed E-state index contributed by atoms with van der Waals surface area (Å²) < 4.78 is 49.2. The van der Waals surface area contributed by atoms with E-state index in [1.165, 1.54) is 21.3 Å². The van der Waals surface area contributed by atoms with Gasteiger partial charge in [0.05, 0.1) is 26.6 Å². The Morgan fingerprint density at radius 2 is 1.49 bits per heavy atom. The van der Waals surface area contributed by atoms with E-state index in [1.54, 1.807) is 32.9 Å². The fourth-order valence-corrected chi connectivity index (χ4v) is 4.14. The lowest BCUT2D eigenvalue weighted by Crippen LogP contribution is -2.45. The topological polar surface area (TPSA) is 126 Å². The number of rotatable bonds is 11. The van der Waals surface area contributed by atoms with Crippen LogP contribution >= 0.6 is 0 Å². The first-order valence-corrected chi connectivity index (χ1v) is 13.3. The van der Waals surface area contributed by atoms with Gasteiger partial charge < -0.3 is 28.4 Å². The summed E-state index contributed by atoms with van der Waals surface area (Å²) in [6.07, 6.45) is 0.443. The Hall–Kier alpha value is -3.15. The molecule has 37 heavy (non-hydrogen) atoms. The molecule has 2 aromatic rings. The molecule has 10 nitrogen and oxygen atoms in total. The molecule has 1 N–H and O–H groups in total. The zero-order valence-corrected chi connectivity index (χ0v) is 23.1. The highest BCUT2D eigenvalue weighted by Gasteiger charge is 2.25. The van der Waals surface area contributed by atoms with Crippen LogP contribution in [0.15, 0.2) is 36.4 Å². The van der Waals surface area contributed by atoms with Crippen LogP contribution in [-0.4, -0.2) is 59.7 Å². The fraction of sp³-hybridized carbons (Fsp3) is 0.462. The van der Waals surface area contributed by atoms with Crippen LogP contribution in [0.1, 0.15) is 37.5 Å². The Bertz CT molecular complexity index is 1160. The van der Waals surface area contributed by atoms with Gasteiger partial charge in [-0.05, 0) is 60.7 Å². The van der Waals surface area contributed by atoms with Gasteiger partial charge in [-0.15, -0.1) is 0 Å². The standard InChI is InChI=1S/C26H35NO9S/c1-26(2,3)35-25(29)27-22(24(28)34-6)12-17-8-10-18(11-9-17)23-19(15-32-4)13-21(36-37(7,30)31)14-20(23)16-33-5/h8-11,13-14,22H,12,15-16H2,1-7H3,(H,27,29)/t22-/m0/s1. The molecule has 0 bridgehead atoms. The molecule has 2 aromatic carbocycles. The van der Waals surface area contributed by atoms with E-state index >= 15 is 0 Å². The van der Waals surface area contributed by atoms with Crippen molar-refractivity contribution in [3.63, 3.8) is 0 Å². The van der Waals surface area contributed by atoms with Gasteiger partial charge in [0.25, 0.3) is 0 Å². The molecule has 0 aliphatic carbocycles.